The third-order valence-electron chi connectivity index (χ3n) is 11.9. The Morgan fingerprint density at radius 3 is 1.95 bits per heavy atom. The molecule has 0 aliphatic carbocycles. The van der Waals surface area contributed by atoms with Crippen molar-refractivity contribution in [1.29, 1.82) is 0 Å². The number of amidine groups is 1. The third-order valence-corrected chi connectivity index (χ3v) is 11.9. The molecule has 0 fully saturated rings. The molecule has 58 heavy (non-hydrogen) atoms. The number of hydrogen-bond acceptors (Lipinski definition) is 6. The maximum atomic E-state index is 6.16. The van der Waals surface area contributed by atoms with Gasteiger partial charge in [-0.3, -0.25) is 5.32 Å². The van der Waals surface area contributed by atoms with E-state index in [-0.39, 0.29) is 18.5 Å². The molecule has 4 heterocycles. The first-order chi connectivity index (χ1) is 28.7. The minimum absolute atomic E-state index is 0.0940. The van der Waals surface area contributed by atoms with Crippen molar-refractivity contribution in [1.82, 2.24) is 10.6 Å². The van der Waals surface area contributed by atoms with Crippen LogP contribution in [0.5, 0.6) is 0 Å². The average molecular weight is 748 g/mol. The van der Waals surface area contributed by atoms with Crippen LogP contribution in [0.25, 0.3) is 65.7 Å². The number of para-hydroxylation sites is 1. The number of nitrogens with one attached hydrogen (secondary N) is 3. The van der Waals surface area contributed by atoms with Crippen LogP contribution in [0.1, 0.15) is 29.0 Å². The van der Waals surface area contributed by atoms with Gasteiger partial charge in [0.15, 0.2) is 0 Å². The van der Waals surface area contributed by atoms with Gasteiger partial charge in [-0.15, -0.1) is 0 Å². The zero-order valence-electron chi connectivity index (χ0n) is 31.4. The smallest absolute Gasteiger partial charge is 0.135 e. The number of allylic oxidation sites excluding steroid dienone is 2. The van der Waals surface area contributed by atoms with Crippen LogP contribution in [-0.4, -0.2) is 12.0 Å². The normalized spacial score (nSPS) is 18.3. The third kappa shape index (κ3) is 5.34. The van der Waals surface area contributed by atoms with E-state index in [0.717, 1.165) is 50.0 Å². The highest BCUT2D eigenvalue weighted by Gasteiger charge is 2.31. The molecule has 3 atom stereocenters. The van der Waals surface area contributed by atoms with E-state index in [4.69, 9.17) is 9.41 Å². The van der Waals surface area contributed by atoms with Gasteiger partial charge in [0, 0.05) is 33.3 Å². The first-order valence-electron chi connectivity index (χ1n) is 19.9. The molecule has 8 aromatic carbocycles. The van der Waals surface area contributed by atoms with Crippen LogP contribution in [-0.2, 0) is 0 Å². The molecule has 9 aromatic rings. The highest BCUT2D eigenvalue weighted by molar-refractivity contribution is 6.23. The van der Waals surface area contributed by atoms with Gasteiger partial charge >= 0.3 is 0 Å². The molecule has 1 aromatic heterocycles. The van der Waals surface area contributed by atoms with Gasteiger partial charge in [-0.2, -0.15) is 0 Å². The molecule has 3 aliphatic heterocycles. The summed E-state index contributed by atoms with van der Waals surface area (Å²) in [6.07, 6.45) is 8.29. The molecule has 3 N–H and O–H groups in total. The van der Waals surface area contributed by atoms with Gasteiger partial charge in [0.2, 0.25) is 0 Å². The first kappa shape index (κ1) is 32.8. The van der Waals surface area contributed by atoms with Crippen molar-refractivity contribution >= 4 is 60.7 Å². The summed E-state index contributed by atoms with van der Waals surface area (Å²) < 4.78 is 6.16. The van der Waals surface area contributed by atoms with Gasteiger partial charge in [-0.25, -0.2) is 4.99 Å². The highest BCUT2D eigenvalue weighted by atomic mass is 16.3. The van der Waals surface area contributed by atoms with E-state index >= 15 is 0 Å². The molecule has 0 spiro atoms. The second-order valence-electron chi connectivity index (χ2n) is 15.3. The van der Waals surface area contributed by atoms with Crippen LogP contribution in [0.4, 0.5) is 11.4 Å². The molecular weight excluding hydrogens is 711 g/mol. The number of aliphatic imine (C=N–C) groups is 1. The predicted molar refractivity (Wildman–Crippen MR) is 239 cm³/mol. The van der Waals surface area contributed by atoms with Crippen LogP contribution < -0.4 is 20.9 Å². The van der Waals surface area contributed by atoms with E-state index in [2.05, 4.69) is 191 Å². The number of rotatable bonds is 5. The van der Waals surface area contributed by atoms with E-state index in [1.54, 1.807) is 0 Å². The van der Waals surface area contributed by atoms with E-state index < -0.39 is 0 Å². The summed E-state index contributed by atoms with van der Waals surface area (Å²) in [5, 5.41) is 18.5. The lowest BCUT2D eigenvalue weighted by Crippen LogP contribution is -2.44. The molecule has 276 valence electrons. The fraction of sp³-hybridized carbons (Fsp3) is 0.0577. The molecule has 6 nitrogen and oxygen atoms in total. The molecule has 0 radical (unpaired) electrons. The Hall–Kier alpha value is -7.41. The number of benzene rings is 8. The van der Waals surface area contributed by atoms with Gasteiger partial charge in [-0.05, 0) is 86.6 Å². The Morgan fingerprint density at radius 2 is 1.14 bits per heavy atom. The van der Waals surface area contributed by atoms with Crippen LogP contribution >= 0.6 is 0 Å². The monoisotopic (exact) mass is 747 g/mol. The summed E-state index contributed by atoms with van der Waals surface area (Å²) in [4.78, 5) is 7.59. The number of furan rings is 1. The average Bonchev–Trinajstić information content (AvgIpc) is 3.88. The maximum Gasteiger partial charge on any atom is 0.135 e. The predicted octanol–water partition coefficient (Wildman–Crippen LogP) is 12.2. The molecule has 0 amide bonds. The Morgan fingerprint density at radius 1 is 0.483 bits per heavy atom. The van der Waals surface area contributed by atoms with Gasteiger partial charge in [0.05, 0.1) is 11.4 Å². The molecule has 12 rings (SSSR count). The Labute approximate surface area is 335 Å². The lowest BCUT2D eigenvalue weighted by Gasteiger charge is -2.32. The van der Waals surface area contributed by atoms with Crippen molar-refractivity contribution < 1.29 is 4.42 Å². The van der Waals surface area contributed by atoms with E-state index in [1.807, 2.05) is 18.2 Å². The van der Waals surface area contributed by atoms with Crippen LogP contribution in [0.15, 0.2) is 198 Å². The van der Waals surface area contributed by atoms with Crippen molar-refractivity contribution in [3.8, 4) is 22.3 Å². The van der Waals surface area contributed by atoms with Crippen molar-refractivity contribution in [2.75, 3.05) is 10.2 Å². The molecular formula is C52H37N5O. The standard InChI is InChI=1S/C52H37N5O/c1-3-11-32(12-4-1)36-22-25-40-42(29-36)43-30-37(23-26-41(43)49-48(40)53-47-17-9-10-28-57(47)49)33-18-20-35(21-19-33)51-54-50(34-13-5-2-6-14-34)55-52(56-51)38-24-27-46-44(31-38)39-15-7-8-16-45(39)58-46/h1-31,47,51-53,56H,(H,54,55). The lowest BCUT2D eigenvalue weighted by atomic mass is 9.92. The molecule has 0 saturated carbocycles. The van der Waals surface area contributed by atoms with Gasteiger partial charge < -0.3 is 20.0 Å². The summed E-state index contributed by atoms with van der Waals surface area (Å²) in [6, 6.07) is 58.4. The minimum Gasteiger partial charge on any atom is -0.456 e. The van der Waals surface area contributed by atoms with E-state index in [9.17, 15) is 0 Å². The van der Waals surface area contributed by atoms with Crippen molar-refractivity contribution in [3.63, 3.8) is 0 Å². The summed E-state index contributed by atoms with van der Waals surface area (Å²) in [6.45, 7) is 0. The second kappa shape index (κ2) is 13.1. The zero-order valence-corrected chi connectivity index (χ0v) is 31.4. The topological polar surface area (TPSA) is 64.8 Å². The highest BCUT2D eigenvalue weighted by Crippen LogP contribution is 2.49. The largest absolute Gasteiger partial charge is 0.456 e. The fourth-order valence-corrected chi connectivity index (χ4v) is 9.03. The summed E-state index contributed by atoms with van der Waals surface area (Å²) in [7, 11) is 0. The molecule has 3 unspecified atom stereocenters. The van der Waals surface area contributed by atoms with Crippen molar-refractivity contribution in [2.45, 2.75) is 18.5 Å². The van der Waals surface area contributed by atoms with Crippen molar-refractivity contribution in [2.24, 2.45) is 4.99 Å². The minimum atomic E-state index is -0.265. The molecule has 6 heteroatoms. The van der Waals surface area contributed by atoms with E-state index in [0.29, 0.717) is 0 Å². The molecule has 3 aliphatic rings. The quantitative estimate of drug-likeness (QED) is 0.153. The number of hydrogen-bond donors (Lipinski definition) is 3. The summed E-state index contributed by atoms with van der Waals surface area (Å²) in [5.41, 5.74) is 12.2. The van der Waals surface area contributed by atoms with Gasteiger partial charge in [0.25, 0.3) is 0 Å². The number of anilines is 2. The van der Waals surface area contributed by atoms with Crippen LogP contribution in [0.2, 0.25) is 0 Å². The maximum absolute atomic E-state index is 6.16. The SMILES string of the molecule is C1=CC2Nc3c(c4ccc(-c5ccc(C6N=C(c7ccccc7)NC(c7ccc8oc9ccccc9c8c7)N6)cc5)cc4c4cc(-c5ccccc5)ccc34)N2C=C1. The van der Waals surface area contributed by atoms with Gasteiger partial charge in [0.1, 0.15) is 35.5 Å². The van der Waals surface area contributed by atoms with Gasteiger partial charge in [-0.1, -0.05) is 140 Å². The van der Waals surface area contributed by atoms with Crippen LogP contribution in [0, 0.1) is 0 Å². The zero-order chi connectivity index (χ0) is 38.2. The lowest BCUT2D eigenvalue weighted by molar-refractivity contribution is 0.409. The first-order valence-corrected chi connectivity index (χ1v) is 19.9. The van der Waals surface area contributed by atoms with Crippen molar-refractivity contribution in [3.05, 3.63) is 205 Å². The number of fused-ring (bicyclic) bond motifs is 11. The Balaban J connectivity index is 0.934. The molecule has 0 bridgehead atoms. The van der Waals surface area contributed by atoms with E-state index in [1.165, 1.54) is 49.6 Å². The summed E-state index contributed by atoms with van der Waals surface area (Å²) >= 11 is 0. The Bertz CT molecular complexity index is 3160. The fourth-order valence-electron chi connectivity index (χ4n) is 9.03. The van der Waals surface area contributed by atoms with Crippen LogP contribution in [0.3, 0.4) is 0 Å². The Kier molecular flexibility index (Phi) is 7.40. The summed E-state index contributed by atoms with van der Waals surface area (Å²) in [5.74, 6) is 0.857. The number of nitrogens with zero attached hydrogens (tertiary/aromatic N) is 2. The second-order valence-corrected chi connectivity index (χ2v) is 15.3. The molecule has 0 saturated heterocycles.